The highest BCUT2D eigenvalue weighted by molar-refractivity contribution is 7.92. The van der Waals surface area contributed by atoms with Crippen molar-refractivity contribution in [1.82, 2.24) is 0 Å². The number of hydrogen-bond acceptors (Lipinski definition) is 4. The van der Waals surface area contributed by atoms with Crippen LogP contribution in [0.25, 0.3) is 0 Å². The Bertz CT molecular complexity index is 938. The maximum Gasteiger partial charge on any atom is 0.261 e. The van der Waals surface area contributed by atoms with Gasteiger partial charge in [0.05, 0.1) is 17.9 Å². The number of nitrogens with one attached hydrogen (secondary N) is 1. The summed E-state index contributed by atoms with van der Waals surface area (Å²) in [7, 11) is -2.01. The standard InChI is InChI=1S/C18H20N2O4S/c1-4-24-17-8-6-15(9-12(17)2)25(22,23)19-14-5-7-16-13(10-14)11-18(21)20(16)3/h5-10,19H,4,11H2,1-3H3. The van der Waals surface area contributed by atoms with Gasteiger partial charge in [0.15, 0.2) is 0 Å². The predicted octanol–water partition coefficient (Wildman–Crippen LogP) is 2.71. The number of benzene rings is 2. The van der Waals surface area contributed by atoms with Crippen LogP contribution in [0.2, 0.25) is 0 Å². The van der Waals surface area contributed by atoms with Gasteiger partial charge in [-0.15, -0.1) is 0 Å². The van der Waals surface area contributed by atoms with Gasteiger partial charge >= 0.3 is 0 Å². The van der Waals surface area contributed by atoms with Gasteiger partial charge in [0.2, 0.25) is 5.91 Å². The molecule has 1 heterocycles. The van der Waals surface area contributed by atoms with Crippen LogP contribution in [0.4, 0.5) is 11.4 Å². The first-order chi connectivity index (χ1) is 11.8. The number of amides is 1. The third-order valence-electron chi connectivity index (χ3n) is 4.17. The lowest BCUT2D eigenvalue weighted by molar-refractivity contribution is -0.117. The largest absolute Gasteiger partial charge is 0.494 e. The molecule has 25 heavy (non-hydrogen) atoms. The molecule has 1 amide bonds. The molecule has 6 nitrogen and oxygen atoms in total. The van der Waals surface area contributed by atoms with Crippen LogP contribution < -0.4 is 14.4 Å². The van der Waals surface area contributed by atoms with Gasteiger partial charge in [-0.25, -0.2) is 8.42 Å². The maximum absolute atomic E-state index is 12.6. The smallest absolute Gasteiger partial charge is 0.261 e. The summed E-state index contributed by atoms with van der Waals surface area (Å²) in [4.78, 5) is 13.5. The number of aryl methyl sites for hydroxylation is 1. The van der Waals surface area contributed by atoms with E-state index in [-0.39, 0.29) is 17.2 Å². The van der Waals surface area contributed by atoms with Crippen molar-refractivity contribution in [3.63, 3.8) is 0 Å². The zero-order valence-corrected chi connectivity index (χ0v) is 15.2. The second-order valence-electron chi connectivity index (χ2n) is 5.94. The number of carbonyl (C=O) groups is 1. The van der Waals surface area contributed by atoms with Crippen LogP contribution in [0.1, 0.15) is 18.1 Å². The minimum absolute atomic E-state index is 0.00264. The Balaban J connectivity index is 1.86. The predicted molar refractivity (Wildman–Crippen MR) is 96.7 cm³/mol. The van der Waals surface area contributed by atoms with E-state index in [4.69, 9.17) is 4.74 Å². The molecule has 0 aliphatic carbocycles. The van der Waals surface area contributed by atoms with Crippen LogP contribution in [-0.4, -0.2) is 28.0 Å². The van der Waals surface area contributed by atoms with Crippen LogP contribution in [-0.2, 0) is 21.2 Å². The monoisotopic (exact) mass is 360 g/mol. The molecule has 3 rings (SSSR count). The van der Waals surface area contributed by atoms with E-state index in [9.17, 15) is 13.2 Å². The Morgan fingerprint density at radius 1 is 1.20 bits per heavy atom. The number of fused-ring (bicyclic) bond motifs is 1. The van der Waals surface area contributed by atoms with Gasteiger partial charge in [0.25, 0.3) is 10.0 Å². The first-order valence-corrected chi connectivity index (χ1v) is 9.46. The molecule has 0 spiro atoms. The molecule has 0 fully saturated rings. The van der Waals surface area contributed by atoms with Crippen molar-refractivity contribution in [2.45, 2.75) is 25.2 Å². The fourth-order valence-electron chi connectivity index (χ4n) is 2.85. The van der Waals surface area contributed by atoms with E-state index in [1.54, 1.807) is 49.2 Å². The van der Waals surface area contributed by atoms with E-state index in [2.05, 4.69) is 4.72 Å². The van der Waals surface area contributed by atoms with Crippen LogP contribution in [0.15, 0.2) is 41.3 Å². The Kier molecular flexibility index (Phi) is 4.43. The number of anilines is 2. The molecule has 1 aliphatic rings. The van der Waals surface area contributed by atoms with E-state index in [0.29, 0.717) is 18.0 Å². The average molecular weight is 360 g/mol. The van der Waals surface area contributed by atoms with E-state index in [1.165, 1.54) is 6.07 Å². The van der Waals surface area contributed by atoms with Gasteiger partial charge in [-0.2, -0.15) is 0 Å². The third kappa shape index (κ3) is 3.32. The first-order valence-electron chi connectivity index (χ1n) is 7.97. The zero-order valence-electron chi connectivity index (χ0n) is 14.4. The van der Waals surface area contributed by atoms with Crippen molar-refractivity contribution >= 4 is 27.3 Å². The van der Waals surface area contributed by atoms with Crippen molar-refractivity contribution in [2.75, 3.05) is 23.3 Å². The van der Waals surface area contributed by atoms with Crippen LogP contribution in [0, 0.1) is 6.92 Å². The summed E-state index contributed by atoms with van der Waals surface area (Å²) in [5.41, 5.74) is 2.82. The summed E-state index contributed by atoms with van der Waals surface area (Å²) in [6.07, 6.45) is 0.281. The molecular weight excluding hydrogens is 340 g/mol. The number of carbonyl (C=O) groups excluding carboxylic acids is 1. The average Bonchev–Trinajstić information content (AvgIpc) is 2.83. The molecule has 2 aromatic carbocycles. The minimum Gasteiger partial charge on any atom is -0.494 e. The lowest BCUT2D eigenvalue weighted by Gasteiger charge is -2.13. The molecule has 7 heteroatoms. The maximum atomic E-state index is 12.6. The van der Waals surface area contributed by atoms with Crippen molar-refractivity contribution in [3.05, 3.63) is 47.5 Å². The van der Waals surface area contributed by atoms with E-state index >= 15 is 0 Å². The quantitative estimate of drug-likeness (QED) is 0.889. The van der Waals surface area contributed by atoms with Crippen molar-refractivity contribution in [3.8, 4) is 5.75 Å². The number of hydrogen-bond donors (Lipinski definition) is 1. The van der Waals surface area contributed by atoms with Gasteiger partial charge in [-0.05, 0) is 61.4 Å². The van der Waals surface area contributed by atoms with Crippen molar-refractivity contribution in [1.29, 1.82) is 0 Å². The molecule has 0 radical (unpaired) electrons. The second-order valence-corrected chi connectivity index (χ2v) is 7.62. The normalized spacial score (nSPS) is 13.7. The fraction of sp³-hybridized carbons (Fsp3) is 0.278. The Hall–Kier alpha value is -2.54. The first kappa shape index (κ1) is 17.3. The third-order valence-corrected chi connectivity index (χ3v) is 5.54. The topological polar surface area (TPSA) is 75.7 Å². The van der Waals surface area contributed by atoms with Crippen LogP contribution in [0.5, 0.6) is 5.75 Å². The number of rotatable bonds is 5. The number of nitrogens with zero attached hydrogens (tertiary/aromatic N) is 1. The Morgan fingerprint density at radius 3 is 2.64 bits per heavy atom. The molecule has 0 unspecified atom stereocenters. The number of sulfonamides is 1. The van der Waals surface area contributed by atoms with Crippen LogP contribution in [0.3, 0.4) is 0 Å². The fourth-order valence-corrected chi connectivity index (χ4v) is 3.99. The Labute approximate surface area is 147 Å². The summed E-state index contributed by atoms with van der Waals surface area (Å²) in [5.74, 6) is 0.665. The summed E-state index contributed by atoms with van der Waals surface area (Å²) in [6, 6.07) is 9.87. The minimum atomic E-state index is -3.72. The molecule has 0 aromatic heterocycles. The summed E-state index contributed by atoms with van der Waals surface area (Å²) >= 11 is 0. The molecule has 132 valence electrons. The molecule has 0 saturated heterocycles. The second kappa shape index (κ2) is 6.40. The molecule has 0 bridgehead atoms. The van der Waals surface area contributed by atoms with Crippen molar-refractivity contribution in [2.24, 2.45) is 0 Å². The lowest BCUT2D eigenvalue weighted by atomic mass is 10.1. The highest BCUT2D eigenvalue weighted by Crippen LogP contribution is 2.31. The van der Waals surface area contributed by atoms with Crippen molar-refractivity contribution < 1.29 is 17.9 Å². The van der Waals surface area contributed by atoms with Gasteiger partial charge in [-0.1, -0.05) is 0 Å². The van der Waals surface area contributed by atoms with E-state index in [1.807, 2.05) is 6.92 Å². The number of ether oxygens (including phenoxy) is 1. The lowest BCUT2D eigenvalue weighted by Crippen LogP contribution is -2.20. The Morgan fingerprint density at radius 2 is 1.96 bits per heavy atom. The molecule has 2 aromatic rings. The van der Waals surface area contributed by atoms with E-state index in [0.717, 1.165) is 16.8 Å². The molecule has 0 atom stereocenters. The van der Waals surface area contributed by atoms with Gasteiger partial charge in [-0.3, -0.25) is 9.52 Å². The number of likely N-dealkylation sites (N-methyl/N-ethyl adjacent to an activating group) is 1. The molecule has 1 aliphatic heterocycles. The zero-order chi connectivity index (χ0) is 18.2. The SMILES string of the molecule is CCOc1ccc(S(=O)(=O)Nc2ccc3c(c2)CC(=O)N3C)cc1C. The summed E-state index contributed by atoms with van der Waals surface area (Å²) in [5, 5.41) is 0. The summed E-state index contributed by atoms with van der Waals surface area (Å²) < 4.78 is 33.3. The highest BCUT2D eigenvalue weighted by atomic mass is 32.2. The van der Waals surface area contributed by atoms with Crippen LogP contribution >= 0.6 is 0 Å². The van der Waals surface area contributed by atoms with E-state index < -0.39 is 10.0 Å². The molecular formula is C18H20N2O4S. The van der Waals surface area contributed by atoms with Gasteiger partial charge in [0, 0.05) is 18.4 Å². The molecule has 1 N–H and O–H groups in total. The highest BCUT2D eigenvalue weighted by Gasteiger charge is 2.24. The van der Waals surface area contributed by atoms with Gasteiger partial charge in [0.1, 0.15) is 5.75 Å². The molecule has 0 saturated carbocycles. The summed E-state index contributed by atoms with van der Waals surface area (Å²) in [6.45, 7) is 4.20. The van der Waals surface area contributed by atoms with Gasteiger partial charge < -0.3 is 9.64 Å².